The molecule has 0 bridgehead atoms. The van der Waals surface area contributed by atoms with Crippen LogP contribution in [0.15, 0.2) is 17.1 Å². The second-order valence-corrected chi connectivity index (χ2v) is 3.30. The van der Waals surface area contributed by atoms with Crippen LogP contribution in [0.5, 0.6) is 0 Å². The minimum Gasteiger partial charge on any atom is -0.302 e. The van der Waals surface area contributed by atoms with Crippen molar-refractivity contribution in [2.75, 3.05) is 0 Å². The molecule has 0 aromatic rings. The largest absolute Gasteiger partial charge is 0.476 e. The van der Waals surface area contributed by atoms with Crippen molar-refractivity contribution in [1.82, 2.24) is 0 Å². The highest BCUT2D eigenvalue weighted by Crippen LogP contribution is 2.43. The molecule has 1 unspecified atom stereocenters. The van der Waals surface area contributed by atoms with Gasteiger partial charge in [0.15, 0.2) is 0 Å². The standard InChI is InChI=1S/C4H5N2O6P/c7-6(8)4(2-1-3-5-4)12-13(9,10)11/h1-3H,(H2,9,10,11). The molecule has 0 aromatic heterocycles. The molecule has 1 atom stereocenters. The van der Waals surface area contributed by atoms with Gasteiger partial charge in [-0.15, -0.1) is 0 Å². The Balaban J connectivity index is 2.95. The van der Waals surface area contributed by atoms with Gasteiger partial charge in [-0.05, 0) is 6.08 Å². The van der Waals surface area contributed by atoms with Gasteiger partial charge in [0.25, 0.3) is 0 Å². The maximum atomic E-state index is 10.4. The first kappa shape index (κ1) is 10.0. The highest BCUT2D eigenvalue weighted by Gasteiger charge is 2.48. The number of phosphoric acid groups is 1. The van der Waals surface area contributed by atoms with E-state index in [1.807, 2.05) is 0 Å². The average molecular weight is 208 g/mol. The molecular weight excluding hydrogens is 203 g/mol. The van der Waals surface area contributed by atoms with Crippen molar-refractivity contribution in [1.29, 1.82) is 0 Å². The summed E-state index contributed by atoms with van der Waals surface area (Å²) in [5.41, 5.74) is 0. The molecule has 1 heterocycles. The Morgan fingerprint density at radius 3 is 2.54 bits per heavy atom. The first-order valence-corrected chi connectivity index (χ1v) is 4.53. The molecule has 0 saturated heterocycles. The number of aliphatic imine (C=N–C) groups is 1. The average Bonchev–Trinajstić information content (AvgIpc) is 2.33. The summed E-state index contributed by atoms with van der Waals surface area (Å²) in [6.07, 6.45) is 3.03. The Morgan fingerprint density at radius 1 is 1.62 bits per heavy atom. The number of nitrogens with zero attached hydrogens (tertiary/aromatic N) is 2. The van der Waals surface area contributed by atoms with Crippen molar-refractivity contribution < 1.29 is 23.8 Å². The van der Waals surface area contributed by atoms with Crippen molar-refractivity contribution in [3.63, 3.8) is 0 Å². The Bertz CT molecular complexity index is 318. The van der Waals surface area contributed by atoms with Crippen LogP contribution in [0.3, 0.4) is 0 Å². The first-order chi connectivity index (χ1) is 5.86. The van der Waals surface area contributed by atoms with E-state index in [0.29, 0.717) is 0 Å². The zero-order chi connectivity index (χ0) is 10.1. The van der Waals surface area contributed by atoms with E-state index >= 15 is 0 Å². The van der Waals surface area contributed by atoms with E-state index in [2.05, 4.69) is 9.52 Å². The summed E-state index contributed by atoms with van der Waals surface area (Å²) in [6, 6.07) is 0. The summed E-state index contributed by atoms with van der Waals surface area (Å²) < 4.78 is 14.3. The minimum absolute atomic E-state index is 0.839. The second kappa shape index (κ2) is 3.00. The number of phosphoric ester groups is 1. The Hall–Kier alpha value is -1.08. The van der Waals surface area contributed by atoms with Gasteiger partial charge in [0, 0.05) is 6.21 Å². The summed E-state index contributed by atoms with van der Waals surface area (Å²) in [4.78, 5) is 29.3. The van der Waals surface area contributed by atoms with E-state index in [0.717, 1.165) is 12.3 Å². The third-order valence-electron chi connectivity index (χ3n) is 1.17. The predicted molar refractivity (Wildman–Crippen MR) is 40.5 cm³/mol. The molecule has 13 heavy (non-hydrogen) atoms. The van der Waals surface area contributed by atoms with Gasteiger partial charge in [-0.2, -0.15) is 9.52 Å². The van der Waals surface area contributed by atoms with E-state index < -0.39 is 18.6 Å². The summed E-state index contributed by atoms with van der Waals surface area (Å²) >= 11 is 0. The van der Waals surface area contributed by atoms with Crippen molar-refractivity contribution >= 4 is 14.0 Å². The van der Waals surface area contributed by atoms with Crippen LogP contribution >= 0.6 is 7.82 Å². The third-order valence-corrected chi connectivity index (χ3v) is 1.68. The predicted octanol–water partition coefficient (Wildman–Crippen LogP) is -0.333. The van der Waals surface area contributed by atoms with Gasteiger partial charge in [0.2, 0.25) is 0 Å². The maximum absolute atomic E-state index is 10.4. The molecule has 0 aromatic carbocycles. The van der Waals surface area contributed by atoms with Crippen LogP contribution in [-0.2, 0) is 9.09 Å². The lowest BCUT2D eigenvalue weighted by Gasteiger charge is -2.14. The Labute approximate surface area is 71.9 Å². The molecular formula is C4H5N2O6P. The number of hydrogen-bond acceptors (Lipinski definition) is 5. The molecule has 8 nitrogen and oxygen atoms in total. The normalized spacial score (nSPS) is 26.6. The lowest BCUT2D eigenvalue weighted by Crippen LogP contribution is -2.34. The van der Waals surface area contributed by atoms with E-state index in [1.165, 1.54) is 6.08 Å². The van der Waals surface area contributed by atoms with Crippen LogP contribution in [0.25, 0.3) is 0 Å². The van der Waals surface area contributed by atoms with E-state index in [1.54, 1.807) is 0 Å². The third kappa shape index (κ3) is 2.19. The molecule has 0 spiro atoms. The summed E-state index contributed by atoms with van der Waals surface area (Å²) in [5.74, 6) is -2.47. The SMILES string of the molecule is O=[N+]([O-])C1(OP(=O)(O)O)C=CC=N1. The molecule has 1 aliphatic heterocycles. The molecule has 1 rings (SSSR count). The lowest BCUT2D eigenvalue weighted by atomic mass is 10.4. The van der Waals surface area contributed by atoms with Gasteiger partial charge in [0.05, 0.1) is 11.0 Å². The fourth-order valence-corrected chi connectivity index (χ4v) is 1.26. The van der Waals surface area contributed by atoms with Crippen molar-refractivity contribution in [2.45, 2.75) is 5.85 Å². The molecule has 0 radical (unpaired) electrons. The van der Waals surface area contributed by atoms with Gasteiger partial charge < -0.3 is 9.79 Å². The summed E-state index contributed by atoms with van der Waals surface area (Å²) in [6.45, 7) is 0. The van der Waals surface area contributed by atoms with Crippen LogP contribution in [0.1, 0.15) is 0 Å². The van der Waals surface area contributed by atoms with Crippen molar-refractivity contribution in [3.8, 4) is 0 Å². The van der Waals surface area contributed by atoms with E-state index in [9.17, 15) is 14.7 Å². The molecule has 0 aliphatic carbocycles. The zero-order valence-electron chi connectivity index (χ0n) is 6.10. The van der Waals surface area contributed by atoms with Gasteiger partial charge >= 0.3 is 13.7 Å². The van der Waals surface area contributed by atoms with Crippen molar-refractivity contribution in [2.24, 2.45) is 4.99 Å². The van der Waals surface area contributed by atoms with Crippen LogP contribution in [-0.4, -0.2) is 26.8 Å². The monoisotopic (exact) mass is 208 g/mol. The number of nitro groups is 1. The molecule has 0 saturated carbocycles. The van der Waals surface area contributed by atoms with Crippen LogP contribution in [0.4, 0.5) is 0 Å². The quantitative estimate of drug-likeness (QED) is 0.283. The number of allylic oxidation sites excluding steroid dienone is 1. The Morgan fingerprint density at radius 2 is 2.23 bits per heavy atom. The van der Waals surface area contributed by atoms with Gasteiger partial charge in [-0.1, -0.05) is 0 Å². The molecule has 72 valence electrons. The molecule has 9 heteroatoms. The fourth-order valence-electron chi connectivity index (χ4n) is 0.732. The topological polar surface area (TPSA) is 122 Å². The number of hydrogen-bond donors (Lipinski definition) is 2. The smallest absolute Gasteiger partial charge is 0.302 e. The maximum Gasteiger partial charge on any atom is 0.476 e. The first-order valence-electron chi connectivity index (χ1n) is 3.00. The summed E-state index contributed by atoms with van der Waals surface area (Å²) in [5, 5.41) is 10.4. The molecule has 1 aliphatic rings. The fraction of sp³-hybridized carbons (Fsp3) is 0.250. The molecule has 2 N–H and O–H groups in total. The van der Waals surface area contributed by atoms with Gasteiger partial charge in [-0.3, -0.25) is 10.1 Å². The highest BCUT2D eigenvalue weighted by molar-refractivity contribution is 7.46. The highest BCUT2D eigenvalue weighted by atomic mass is 31.2. The van der Waals surface area contributed by atoms with Gasteiger partial charge in [0.1, 0.15) is 0 Å². The molecule has 0 amide bonds. The van der Waals surface area contributed by atoms with Crippen LogP contribution in [0, 0.1) is 10.1 Å². The van der Waals surface area contributed by atoms with Crippen LogP contribution in [0.2, 0.25) is 0 Å². The second-order valence-electron chi connectivity index (χ2n) is 2.13. The lowest BCUT2D eigenvalue weighted by molar-refractivity contribution is -0.598. The minimum atomic E-state index is -4.94. The number of rotatable bonds is 3. The van der Waals surface area contributed by atoms with E-state index in [4.69, 9.17) is 9.79 Å². The Kier molecular flexibility index (Phi) is 2.31. The van der Waals surface area contributed by atoms with Crippen LogP contribution < -0.4 is 0 Å². The summed E-state index contributed by atoms with van der Waals surface area (Å²) in [7, 11) is -4.94. The van der Waals surface area contributed by atoms with Gasteiger partial charge in [-0.25, -0.2) is 4.57 Å². The van der Waals surface area contributed by atoms with Crippen molar-refractivity contribution in [3.05, 3.63) is 22.3 Å². The molecule has 0 fully saturated rings. The zero-order valence-corrected chi connectivity index (χ0v) is 7.00. The van der Waals surface area contributed by atoms with E-state index in [-0.39, 0.29) is 0 Å².